The van der Waals surface area contributed by atoms with Crippen LogP contribution in [0.5, 0.6) is 0 Å². The third kappa shape index (κ3) is 1.64. The fraction of sp³-hybridized carbons (Fsp3) is 0.600. The number of carboxylic acid groups (broad SMARTS) is 1. The van der Waals surface area contributed by atoms with E-state index in [0.717, 1.165) is 11.3 Å². The van der Waals surface area contributed by atoms with Gasteiger partial charge in [0.15, 0.2) is 0 Å². The molecular weight excluding hydrogens is 180 g/mol. The third-order valence-electron chi connectivity index (χ3n) is 2.20. The molecule has 0 unspecified atom stereocenters. The van der Waals surface area contributed by atoms with Gasteiger partial charge in [-0.3, -0.25) is 4.68 Å². The first-order valence-electron chi connectivity index (χ1n) is 4.52. The summed E-state index contributed by atoms with van der Waals surface area (Å²) >= 11 is 0. The minimum absolute atomic E-state index is 0.116. The number of aromatic nitrogens is 2. The van der Waals surface area contributed by atoms with E-state index < -0.39 is 5.97 Å². The molecule has 0 saturated heterocycles. The van der Waals surface area contributed by atoms with Crippen LogP contribution in [0.3, 0.4) is 0 Å². The van der Waals surface area contributed by atoms with E-state index in [2.05, 4.69) is 5.10 Å². The maximum Gasteiger partial charge on any atom is 0.354 e. The van der Waals surface area contributed by atoms with Crippen LogP contribution in [0.15, 0.2) is 0 Å². The van der Waals surface area contributed by atoms with Crippen molar-refractivity contribution in [1.29, 1.82) is 0 Å². The number of aromatic carboxylic acids is 1. The second-order valence-corrected chi connectivity index (χ2v) is 4.50. The van der Waals surface area contributed by atoms with Gasteiger partial charge in [0.1, 0.15) is 5.69 Å². The lowest BCUT2D eigenvalue weighted by molar-refractivity contribution is 0.0684. The Morgan fingerprint density at radius 3 is 2.14 bits per heavy atom. The molecule has 0 radical (unpaired) electrons. The molecule has 0 saturated carbocycles. The van der Waals surface area contributed by atoms with Crippen molar-refractivity contribution >= 4 is 5.97 Å². The molecule has 1 aromatic rings. The molecule has 0 aliphatic carbocycles. The summed E-state index contributed by atoms with van der Waals surface area (Å²) in [5, 5.41) is 13.2. The average Bonchev–Trinajstić information content (AvgIpc) is 2.24. The summed E-state index contributed by atoms with van der Waals surface area (Å²) < 4.78 is 1.43. The highest BCUT2D eigenvalue weighted by atomic mass is 16.4. The van der Waals surface area contributed by atoms with E-state index in [9.17, 15) is 4.79 Å². The van der Waals surface area contributed by atoms with Gasteiger partial charge in [-0.25, -0.2) is 4.79 Å². The molecule has 0 aromatic carbocycles. The molecule has 0 aliphatic heterocycles. The Kier molecular flexibility index (Phi) is 2.39. The van der Waals surface area contributed by atoms with Gasteiger partial charge in [-0.1, -0.05) is 20.8 Å². The number of hydrogen-bond acceptors (Lipinski definition) is 2. The summed E-state index contributed by atoms with van der Waals surface area (Å²) in [6.45, 7) is 7.87. The largest absolute Gasteiger partial charge is 0.477 e. The lowest BCUT2D eigenvalue weighted by Gasteiger charge is -2.15. The molecule has 1 heterocycles. The highest BCUT2D eigenvalue weighted by Gasteiger charge is 2.25. The van der Waals surface area contributed by atoms with Crippen LogP contribution in [0.4, 0.5) is 0 Å². The summed E-state index contributed by atoms with van der Waals surface area (Å²) in [4.78, 5) is 10.9. The molecule has 1 N–H and O–H groups in total. The zero-order chi connectivity index (χ0) is 11.1. The normalized spacial score (nSPS) is 11.8. The summed E-state index contributed by atoms with van der Waals surface area (Å²) in [7, 11) is 1.66. The van der Waals surface area contributed by atoms with E-state index in [1.807, 2.05) is 20.8 Å². The fourth-order valence-electron chi connectivity index (χ4n) is 1.64. The minimum Gasteiger partial charge on any atom is -0.477 e. The van der Waals surface area contributed by atoms with Gasteiger partial charge in [0, 0.05) is 18.0 Å². The molecule has 14 heavy (non-hydrogen) atoms. The molecule has 1 rings (SSSR count). The topological polar surface area (TPSA) is 55.1 Å². The molecular formula is C10H16N2O2. The van der Waals surface area contributed by atoms with Gasteiger partial charge in [-0.2, -0.15) is 5.10 Å². The molecule has 0 amide bonds. The van der Waals surface area contributed by atoms with Crippen molar-refractivity contribution in [1.82, 2.24) is 9.78 Å². The highest BCUT2D eigenvalue weighted by Crippen LogP contribution is 2.25. The Morgan fingerprint density at radius 2 is 1.93 bits per heavy atom. The van der Waals surface area contributed by atoms with E-state index in [1.165, 1.54) is 4.68 Å². The minimum atomic E-state index is -0.923. The molecule has 1 aromatic heterocycles. The molecule has 78 valence electrons. The van der Waals surface area contributed by atoms with Gasteiger partial charge < -0.3 is 5.11 Å². The standard InChI is InChI=1S/C10H16N2O2/c1-6-7(9(13)14)12(5)11-8(6)10(2,3)4/h1-5H3,(H,13,14). The van der Waals surface area contributed by atoms with E-state index in [1.54, 1.807) is 14.0 Å². The Balaban J connectivity index is 3.39. The van der Waals surface area contributed by atoms with Crippen molar-refractivity contribution in [3.8, 4) is 0 Å². The highest BCUT2D eigenvalue weighted by molar-refractivity contribution is 5.87. The van der Waals surface area contributed by atoms with E-state index in [0.29, 0.717) is 0 Å². The number of rotatable bonds is 1. The molecule has 0 atom stereocenters. The van der Waals surface area contributed by atoms with Crippen molar-refractivity contribution < 1.29 is 9.90 Å². The van der Waals surface area contributed by atoms with Crippen molar-refractivity contribution in [3.05, 3.63) is 17.0 Å². The molecule has 0 bridgehead atoms. The molecule has 0 aliphatic rings. The van der Waals surface area contributed by atoms with Gasteiger partial charge >= 0.3 is 5.97 Å². The Hall–Kier alpha value is -1.32. The van der Waals surface area contributed by atoms with Crippen molar-refractivity contribution in [2.75, 3.05) is 0 Å². The second-order valence-electron chi connectivity index (χ2n) is 4.50. The van der Waals surface area contributed by atoms with Gasteiger partial charge in [0.05, 0.1) is 5.69 Å². The van der Waals surface area contributed by atoms with Crippen LogP contribution in [-0.4, -0.2) is 20.9 Å². The van der Waals surface area contributed by atoms with E-state index >= 15 is 0 Å². The molecule has 0 spiro atoms. The zero-order valence-corrected chi connectivity index (χ0v) is 9.25. The van der Waals surface area contributed by atoms with E-state index in [4.69, 9.17) is 5.11 Å². The monoisotopic (exact) mass is 196 g/mol. The summed E-state index contributed by atoms with van der Waals surface area (Å²) in [6.07, 6.45) is 0. The SMILES string of the molecule is Cc1c(C(C)(C)C)nn(C)c1C(=O)O. The van der Waals surface area contributed by atoms with Crippen LogP contribution in [0.25, 0.3) is 0 Å². The maximum atomic E-state index is 10.9. The van der Waals surface area contributed by atoms with Crippen molar-refractivity contribution in [3.63, 3.8) is 0 Å². The maximum absolute atomic E-state index is 10.9. The molecule has 0 fully saturated rings. The average molecular weight is 196 g/mol. The lowest BCUT2D eigenvalue weighted by Crippen LogP contribution is -2.13. The zero-order valence-electron chi connectivity index (χ0n) is 9.25. The van der Waals surface area contributed by atoms with Crippen LogP contribution >= 0.6 is 0 Å². The first-order valence-corrected chi connectivity index (χ1v) is 4.52. The van der Waals surface area contributed by atoms with Crippen LogP contribution < -0.4 is 0 Å². The predicted octanol–water partition coefficient (Wildman–Crippen LogP) is 1.72. The van der Waals surface area contributed by atoms with Crippen molar-refractivity contribution in [2.45, 2.75) is 33.1 Å². The second kappa shape index (κ2) is 3.12. The summed E-state index contributed by atoms with van der Waals surface area (Å²) in [5.74, 6) is -0.923. The van der Waals surface area contributed by atoms with Gasteiger partial charge in [0.2, 0.25) is 0 Å². The number of hydrogen-bond donors (Lipinski definition) is 1. The summed E-state index contributed by atoms with van der Waals surface area (Å²) in [6, 6.07) is 0. The van der Waals surface area contributed by atoms with Crippen LogP contribution in [0.1, 0.15) is 42.5 Å². The lowest BCUT2D eigenvalue weighted by atomic mass is 9.89. The number of carbonyl (C=O) groups is 1. The smallest absolute Gasteiger partial charge is 0.354 e. The Bertz CT molecular complexity index is 372. The predicted molar refractivity (Wildman–Crippen MR) is 53.6 cm³/mol. The van der Waals surface area contributed by atoms with Gasteiger partial charge in [0.25, 0.3) is 0 Å². The first kappa shape index (κ1) is 10.8. The number of carboxylic acids is 1. The first-order chi connectivity index (χ1) is 6.25. The fourth-order valence-corrected chi connectivity index (χ4v) is 1.64. The molecule has 4 heteroatoms. The number of nitrogens with zero attached hydrogens (tertiary/aromatic N) is 2. The third-order valence-corrected chi connectivity index (χ3v) is 2.20. The van der Waals surface area contributed by atoms with Crippen LogP contribution in [0.2, 0.25) is 0 Å². The summed E-state index contributed by atoms with van der Waals surface area (Å²) in [5.41, 5.74) is 1.76. The van der Waals surface area contributed by atoms with Crippen LogP contribution in [-0.2, 0) is 12.5 Å². The van der Waals surface area contributed by atoms with Crippen LogP contribution in [0, 0.1) is 6.92 Å². The van der Waals surface area contributed by atoms with Gasteiger partial charge in [-0.15, -0.1) is 0 Å². The number of aryl methyl sites for hydroxylation is 1. The molecule has 4 nitrogen and oxygen atoms in total. The van der Waals surface area contributed by atoms with Crippen molar-refractivity contribution in [2.24, 2.45) is 7.05 Å². The van der Waals surface area contributed by atoms with Gasteiger partial charge in [-0.05, 0) is 6.92 Å². The Labute approximate surface area is 83.5 Å². The van der Waals surface area contributed by atoms with E-state index in [-0.39, 0.29) is 11.1 Å². The quantitative estimate of drug-likeness (QED) is 0.744. The Morgan fingerprint density at radius 1 is 1.43 bits per heavy atom.